The number of aromatic nitrogens is 4. The summed E-state index contributed by atoms with van der Waals surface area (Å²) in [5, 5.41) is 22.7. The molecule has 13 nitrogen and oxygen atoms in total. The van der Waals surface area contributed by atoms with E-state index in [0.29, 0.717) is 39.2 Å². The Morgan fingerprint density at radius 3 is 2.74 bits per heavy atom. The zero-order valence-electron chi connectivity index (χ0n) is 21.6. The van der Waals surface area contributed by atoms with Crippen LogP contribution in [0.1, 0.15) is 27.2 Å². The fourth-order valence-electron chi connectivity index (χ4n) is 4.78. The molecule has 14 heteroatoms. The van der Waals surface area contributed by atoms with Crippen molar-refractivity contribution in [3.8, 4) is 28.4 Å². The average Bonchev–Trinajstić information content (AvgIpc) is 3.45. The SMILES string of the molecule is CC(C)(C)C1CCN(CCNc2nccc(-c3c(-c4cccc(O)c4)nc4occn34)n2)S(=O)(=O)N1C(=O)O. The predicted octanol–water partition coefficient (Wildman–Crippen LogP) is 3.51. The van der Waals surface area contributed by atoms with Gasteiger partial charge in [-0.15, -0.1) is 0 Å². The molecule has 0 spiro atoms. The Kier molecular flexibility index (Phi) is 6.68. The van der Waals surface area contributed by atoms with Crippen molar-refractivity contribution in [2.24, 2.45) is 5.41 Å². The summed E-state index contributed by atoms with van der Waals surface area (Å²) in [6.45, 7) is 5.88. The molecule has 1 fully saturated rings. The number of oxazole rings is 1. The second-order valence-electron chi connectivity index (χ2n) is 10.3. The normalized spacial score (nSPS) is 17.9. The minimum atomic E-state index is -4.21. The van der Waals surface area contributed by atoms with Gasteiger partial charge in [0.05, 0.1) is 11.7 Å². The smallest absolute Gasteiger partial charge is 0.422 e. The summed E-state index contributed by atoms with van der Waals surface area (Å²) in [4.78, 5) is 25.3. The lowest BCUT2D eigenvalue weighted by Gasteiger charge is -2.44. The van der Waals surface area contributed by atoms with E-state index >= 15 is 0 Å². The molecule has 1 saturated heterocycles. The van der Waals surface area contributed by atoms with Crippen molar-refractivity contribution < 1.29 is 27.8 Å². The number of hydrogen-bond acceptors (Lipinski definition) is 9. The molecule has 1 aromatic carbocycles. The largest absolute Gasteiger partial charge is 0.508 e. The standard InChI is InChI=1S/C25H29N7O6S/c1-25(2,3)19-8-11-30(39(36,37)32(19)24(34)35)12-10-27-22-26-9-7-18(28-22)21-20(16-5-4-6-17(33)15-16)29-23-31(21)13-14-38-23/h4-7,9,13-15,19,33H,8,10-12H2,1-3H3,(H,34,35)(H,26,27,28). The van der Waals surface area contributed by atoms with E-state index in [1.165, 1.54) is 6.26 Å². The van der Waals surface area contributed by atoms with Gasteiger partial charge in [0.2, 0.25) is 5.95 Å². The van der Waals surface area contributed by atoms with Crippen LogP contribution in [0.15, 0.2) is 53.4 Å². The molecule has 4 heterocycles. The summed E-state index contributed by atoms with van der Waals surface area (Å²) in [7, 11) is -4.21. The van der Waals surface area contributed by atoms with Gasteiger partial charge in [-0.2, -0.15) is 22.0 Å². The van der Waals surface area contributed by atoms with E-state index in [1.54, 1.807) is 41.1 Å². The fraction of sp³-hybridized carbons (Fsp3) is 0.360. The molecule has 1 unspecified atom stereocenters. The van der Waals surface area contributed by atoms with Crippen LogP contribution in [0.4, 0.5) is 10.7 Å². The van der Waals surface area contributed by atoms with Gasteiger partial charge in [-0.3, -0.25) is 4.40 Å². The Morgan fingerprint density at radius 2 is 2.03 bits per heavy atom. The summed E-state index contributed by atoms with van der Waals surface area (Å²) in [5.74, 6) is 0.698. The summed E-state index contributed by atoms with van der Waals surface area (Å²) >= 11 is 0. The molecule has 1 amide bonds. The second kappa shape index (κ2) is 9.85. The quantitative estimate of drug-likeness (QED) is 0.320. The lowest BCUT2D eigenvalue weighted by molar-refractivity contribution is 0.105. The van der Waals surface area contributed by atoms with Crippen molar-refractivity contribution in [3.05, 3.63) is 49.0 Å². The molecular formula is C25H29N7O6S. The van der Waals surface area contributed by atoms with Crippen LogP contribution in [0.25, 0.3) is 28.5 Å². The van der Waals surface area contributed by atoms with Crippen LogP contribution in [-0.4, -0.2) is 78.4 Å². The van der Waals surface area contributed by atoms with E-state index in [1.807, 2.05) is 26.8 Å². The number of phenols is 1. The van der Waals surface area contributed by atoms with Crippen molar-refractivity contribution in [2.75, 3.05) is 25.0 Å². The Bertz CT molecular complexity index is 1630. The van der Waals surface area contributed by atoms with Gasteiger partial charge in [-0.05, 0) is 30.0 Å². The maximum Gasteiger partial charge on any atom is 0.422 e. The molecule has 1 atom stereocenters. The Morgan fingerprint density at radius 1 is 1.23 bits per heavy atom. The third-order valence-electron chi connectivity index (χ3n) is 6.62. The number of fused-ring (bicyclic) bond motifs is 1. The third-order valence-corrected chi connectivity index (χ3v) is 8.55. The van der Waals surface area contributed by atoms with Crippen LogP contribution in [-0.2, 0) is 10.2 Å². The van der Waals surface area contributed by atoms with Crippen molar-refractivity contribution in [2.45, 2.75) is 33.2 Å². The molecule has 0 bridgehead atoms. The van der Waals surface area contributed by atoms with E-state index in [4.69, 9.17) is 4.42 Å². The van der Waals surface area contributed by atoms with Gasteiger partial charge in [-0.1, -0.05) is 32.9 Å². The van der Waals surface area contributed by atoms with Gasteiger partial charge in [0.25, 0.3) is 0 Å². The summed E-state index contributed by atoms with van der Waals surface area (Å²) in [6.07, 6.45) is 3.67. The van der Waals surface area contributed by atoms with Crippen LogP contribution >= 0.6 is 0 Å². The van der Waals surface area contributed by atoms with Gasteiger partial charge in [0, 0.05) is 37.6 Å². The van der Waals surface area contributed by atoms with Crippen molar-refractivity contribution in [3.63, 3.8) is 0 Å². The van der Waals surface area contributed by atoms with E-state index in [0.717, 1.165) is 4.31 Å². The van der Waals surface area contributed by atoms with Crippen LogP contribution < -0.4 is 5.32 Å². The maximum atomic E-state index is 13.1. The number of hydrogen-bond donors (Lipinski definition) is 3. The minimum Gasteiger partial charge on any atom is -0.508 e. The highest BCUT2D eigenvalue weighted by molar-refractivity contribution is 7.87. The third kappa shape index (κ3) is 5.00. The molecule has 1 aliphatic rings. The molecule has 1 aliphatic heterocycles. The number of carboxylic acid groups (broad SMARTS) is 1. The maximum absolute atomic E-state index is 13.1. The zero-order valence-corrected chi connectivity index (χ0v) is 22.5. The molecule has 4 aromatic rings. The molecule has 0 radical (unpaired) electrons. The molecule has 3 aromatic heterocycles. The van der Waals surface area contributed by atoms with Crippen LogP contribution in [0.2, 0.25) is 0 Å². The Balaban J connectivity index is 1.36. The number of aromatic hydroxyl groups is 1. The first kappa shape index (κ1) is 26.4. The number of benzene rings is 1. The summed E-state index contributed by atoms with van der Waals surface area (Å²) in [5.41, 5.74) is 1.84. The molecule has 0 aliphatic carbocycles. The topological polar surface area (TPSA) is 166 Å². The van der Waals surface area contributed by atoms with E-state index in [2.05, 4.69) is 20.3 Å². The van der Waals surface area contributed by atoms with Gasteiger partial charge in [0.15, 0.2) is 0 Å². The molecular weight excluding hydrogens is 526 g/mol. The number of phenolic OH excluding ortho intramolecular Hbond substituents is 1. The van der Waals surface area contributed by atoms with Gasteiger partial charge in [-0.25, -0.2) is 14.8 Å². The molecule has 0 saturated carbocycles. The first-order valence-corrected chi connectivity index (χ1v) is 13.7. The Hall–Kier alpha value is -4.17. The number of amides is 1. The molecule has 5 rings (SSSR count). The lowest BCUT2D eigenvalue weighted by Crippen LogP contribution is -2.60. The lowest BCUT2D eigenvalue weighted by atomic mass is 9.84. The molecule has 3 N–H and O–H groups in total. The van der Waals surface area contributed by atoms with Crippen LogP contribution in [0.5, 0.6) is 5.75 Å². The second-order valence-corrected chi connectivity index (χ2v) is 12.1. The average molecular weight is 556 g/mol. The van der Waals surface area contributed by atoms with E-state index < -0.39 is 27.8 Å². The number of nitrogens with zero attached hydrogens (tertiary/aromatic N) is 6. The van der Waals surface area contributed by atoms with E-state index in [-0.39, 0.29) is 31.3 Å². The monoisotopic (exact) mass is 555 g/mol. The number of carbonyl (C=O) groups is 1. The van der Waals surface area contributed by atoms with Crippen LogP contribution in [0, 0.1) is 5.41 Å². The van der Waals surface area contributed by atoms with Crippen molar-refractivity contribution in [1.82, 2.24) is 28.0 Å². The molecule has 39 heavy (non-hydrogen) atoms. The summed E-state index contributed by atoms with van der Waals surface area (Å²) < 4.78 is 35.2. The van der Waals surface area contributed by atoms with Gasteiger partial charge >= 0.3 is 22.1 Å². The van der Waals surface area contributed by atoms with Crippen molar-refractivity contribution >= 4 is 28.1 Å². The van der Waals surface area contributed by atoms with Gasteiger partial charge < -0.3 is 19.9 Å². The number of imidazole rings is 1. The number of rotatable bonds is 6. The zero-order chi connectivity index (χ0) is 27.9. The fourth-order valence-corrected chi connectivity index (χ4v) is 6.63. The minimum absolute atomic E-state index is 0.0315. The van der Waals surface area contributed by atoms with E-state index in [9.17, 15) is 23.4 Å². The highest BCUT2D eigenvalue weighted by Crippen LogP contribution is 2.35. The van der Waals surface area contributed by atoms with Crippen LogP contribution in [0.3, 0.4) is 0 Å². The Labute approximate surface area is 224 Å². The predicted molar refractivity (Wildman–Crippen MR) is 142 cm³/mol. The highest BCUT2D eigenvalue weighted by Gasteiger charge is 2.47. The number of anilines is 1. The van der Waals surface area contributed by atoms with Crippen molar-refractivity contribution in [1.29, 1.82) is 0 Å². The highest BCUT2D eigenvalue weighted by atomic mass is 32.2. The first-order chi connectivity index (χ1) is 18.5. The number of nitrogens with one attached hydrogen (secondary N) is 1. The molecule has 206 valence electrons. The first-order valence-electron chi connectivity index (χ1n) is 12.3. The summed E-state index contributed by atoms with van der Waals surface area (Å²) in [6, 6.07) is 7.75. The van der Waals surface area contributed by atoms with Gasteiger partial charge in [0.1, 0.15) is 23.4 Å².